The number of carbonyl (C=O) groups is 3. The van der Waals surface area contributed by atoms with Crippen molar-refractivity contribution in [1.82, 2.24) is 5.32 Å². The maximum Gasteiger partial charge on any atom is 0.308 e. The molecule has 3 N–H and O–H groups in total. The van der Waals surface area contributed by atoms with Crippen molar-refractivity contribution in [3.05, 3.63) is 35.6 Å². The largest absolute Gasteiger partial charge is 0.466 e. The van der Waals surface area contributed by atoms with Gasteiger partial charge in [0.15, 0.2) is 0 Å². The van der Waals surface area contributed by atoms with Crippen LogP contribution in [-0.2, 0) is 25.5 Å². The van der Waals surface area contributed by atoms with E-state index in [0.29, 0.717) is 5.56 Å². The number of primary amides is 1. The van der Waals surface area contributed by atoms with Crippen molar-refractivity contribution in [3.63, 3.8) is 0 Å². The molecule has 0 saturated carbocycles. The van der Waals surface area contributed by atoms with Gasteiger partial charge in [-0.2, -0.15) is 0 Å². The van der Waals surface area contributed by atoms with Crippen LogP contribution in [0.4, 0.5) is 4.39 Å². The van der Waals surface area contributed by atoms with Crippen molar-refractivity contribution < 1.29 is 23.5 Å². The molecule has 1 atom stereocenters. The van der Waals surface area contributed by atoms with E-state index in [1.807, 2.05) is 0 Å². The van der Waals surface area contributed by atoms with Gasteiger partial charge in [0.25, 0.3) is 0 Å². The smallest absolute Gasteiger partial charge is 0.308 e. The van der Waals surface area contributed by atoms with Gasteiger partial charge in [0.2, 0.25) is 11.8 Å². The summed E-state index contributed by atoms with van der Waals surface area (Å²) in [5, 5.41) is 2.36. The Kier molecular flexibility index (Phi) is 6.32. The third kappa shape index (κ3) is 6.03. The number of nitrogens with one attached hydrogen (secondary N) is 1. The molecule has 0 aromatic heterocycles. The Hall–Kier alpha value is -2.44. The molecule has 0 fully saturated rings. The number of ether oxygens (including phenoxy) is 1. The highest BCUT2D eigenvalue weighted by Gasteiger charge is 2.22. The Balaban J connectivity index is 2.58. The topological polar surface area (TPSA) is 98.5 Å². The highest BCUT2D eigenvalue weighted by Crippen LogP contribution is 2.04. The van der Waals surface area contributed by atoms with Gasteiger partial charge in [-0.1, -0.05) is 12.1 Å². The highest BCUT2D eigenvalue weighted by molar-refractivity contribution is 5.90. The Bertz CT molecular complexity index is 516. The quantitative estimate of drug-likeness (QED) is 0.707. The molecule has 0 heterocycles. The minimum atomic E-state index is -1.13. The van der Waals surface area contributed by atoms with Crippen LogP contribution < -0.4 is 11.1 Å². The number of halogens is 1. The van der Waals surface area contributed by atoms with E-state index in [0.717, 1.165) is 0 Å². The van der Waals surface area contributed by atoms with Crippen molar-refractivity contribution in [2.75, 3.05) is 6.61 Å². The number of esters is 1. The third-order valence-electron chi connectivity index (χ3n) is 2.63. The molecule has 0 aliphatic rings. The molecule has 2 amide bonds. The summed E-state index contributed by atoms with van der Waals surface area (Å²) < 4.78 is 17.4. The van der Waals surface area contributed by atoms with Gasteiger partial charge in [-0.15, -0.1) is 0 Å². The molecule has 21 heavy (non-hydrogen) atoms. The molecule has 0 radical (unpaired) electrons. The standard InChI is InChI=1S/C14H17FN2O4/c1-2-21-13(19)8-11(14(16)20)17-12(18)7-9-3-5-10(15)6-4-9/h3-6,11H,2,7-8H2,1H3,(H2,16,20)(H,17,18)/t11-/m1/s1. The lowest BCUT2D eigenvalue weighted by Gasteiger charge is -2.14. The highest BCUT2D eigenvalue weighted by atomic mass is 19.1. The van der Waals surface area contributed by atoms with Gasteiger partial charge in [0, 0.05) is 0 Å². The van der Waals surface area contributed by atoms with Crippen molar-refractivity contribution >= 4 is 17.8 Å². The lowest BCUT2D eigenvalue weighted by molar-refractivity contribution is -0.145. The second-order valence-electron chi connectivity index (χ2n) is 4.33. The van der Waals surface area contributed by atoms with Crippen LogP contribution >= 0.6 is 0 Å². The molecular formula is C14H17FN2O4. The number of nitrogens with two attached hydrogens (primary N) is 1. The molecule has 0 unspecified atom stereocenters. The van der Waals surface area contributed by atoms with Gasteiger partial charge >= 0.3 is 5.97 Å². The first-order valence-electron chi connectivity index (χ1n) is 6.41. The second-order valence-corrected chi connectivity index (χ2v) is 4.33. The van der Waals surface area contributed by atoms with Crippen LogP contribution in [0.1, 0.15) is 18.9 Å². The van der Waals surface area contributed by atoms with Gasteiger partial charge in [-0.3, -0.25) is 14.4 Å². The van der Waals surface area contributed by atoms with E-state index in [9.17, 15) is 18.8 Å². The van der Waals surface area contributed by atoms with E-state index >= 15 is 0 Å². The van der Waals surface area contributed by atoms with E-state index in [1.54, 1.807) is 6.92 Å². The fourth-order valence-corrected chi connectivity index (χ4v) is 1.64. The van der Waals surface area contributed by atoms with Crippen LogP contribution in [0.3, 0.4) is 0 Å². The van der Waals surface area contributed by atoms with Crippen LogP contribution in [0.2, 0.25) is 0 Å². The zero-order chi connectivity index (χ0) is 15.8. The van der Waals surface area contributed by atoms with Gasteiger partial charge in [-0.05, 0) is 24.6 Å². The molecule has 0 spiro atoms. The lowest BCUT2D eigenvalue weighted by atomic mass is 10.1. The van der Waals surface area contributed by atoms with E-state index in [4.69, 9.17) is 10.5 Å². The number of hydrogen-bond donors (Lipinski definition) is 2. The van der Waals surface area contributed by atoms with Gasteiger partial charge in [-0.25, -0.2) is 4.39 Å². The molecule has 6 nitrogen and oxygen atoms in total. The summed E-state index contributed by atoms with van der Waals surface area (Å²) in [7, 11) is 0. The van der Waals surface area contributed by atoms with Crippen molar-refractivity contribution in [2.24, 2.45) is 5.73 Å². The van der Waals surface area contributed by atoms with Crippen LogP contribution in [0.15, 0.2) is 24.3 Å². The predicted octanol–water partition coefficient (Wildman–Crippen LogP) is 0.291. The summed E-state index contributed by atoms with van der Waals surface area (Å²) in [6.45, 7) is 1.80. The average Bonchev–Trinajstić information content (AvgIpc) is 2.41. The molecule has 0 bridgehead atoms. The van der Waals surface area contributed by atoms with Crippen molar-refractivity contribution in [1.29, 1.82) is 0 Å². The van der Waals surface area contributed by atoms with E-state index in [2.05, 4.69) is 5.32 Å². The fourth-order valence-electron chi connectivity index (χ4n) is 1.64. The summed E-state index contributed by atoms with van der Waals surface area (Å²) in [6.07, 6.45) is -0.370. The summed E-state index contributed by atoms with van der Waals surface area (Å²) in [5.41, 5.74) is 5.71. The molecule has 0 aliphatic carbocycles. The number of amides is 2. The first-order chi connectivity index (χ1) is 9.92. The maximum atomic E-state index is 12.7. The number of benzene rings is 1. The van der Waals surface area contributed by atoms with E-state index in [-0.39, 0.29) is 19.4 Å². The number of rotatable bonds is 7. The van der Waals surface area contributed by atoms with Crippen LogP contribution in [0, 0.1) is 5.82 Å². The Morgan fingerprint density at radius 3 is 2.43 bits per heavy atom. The normalized spacial score (nSPS) is 11.5. The van der Waals surface area contributed by atoms with Crippen LogP contribution in [0.25, 0.3) is 0 Å². The van der Waals surface area contributed by atoms with Gasteiger partial charge < -0.3 is 15.8 Å². The van der Waals surface area contributed by atoms with Crippen LogP contribution in [0.5, 0.6) is 0 Å². The SMILES string of the molecule is CCOC(=O)C[C@@H](NC(=O)Cc1ccc(F)cc1)C(N)=O. The minimum absolute atomic E-state index is 0.0487. The zero-order valence-corrected chi connectivity index (χ0v) is 11.6. The molecule has 0 aliphatic heterocycles. The van der Waals surface area contributed by atoms with Crippen molar-refractivity contribution in [2.45, 2.75) is 25.8 Å². The molecule has 1 aromatic rings. The van der Waals surface area contributed by atoms with Gasteiger partial charge in [0.05, 0.1) is 19.4 Å². The average molecular weight is 296 g/mol. The Morgan fingerprint density at radius 2 is 1.90 bits per heavy atom. The summed E-state index contributed by atoms with van der Waals surface area (Å²) >= 11 is 0. The Morgan fingerprint density at radius 1 is 1.29 bits per heavy atom. The summed E-state index contributed by atoms with van der Waals surface area (Å²) in [4.78, 5) is 34.3. The summed E-state index contributed by atoms with van der Waals surface area (Å²) in [6, 6.07) is 4.25. The van der Waals surface area contributed by atoms with E-state index < -0.39 is 29.6 Å². The molecular weight excluding hydrogens is 279 g/mol. The lowest BCUT2D eigenvalue weighted by Crippen LogP contribution is -2.46. The number of hydrogen-bond acceptors (Lipinski definition) is 4. The number of carbonyl (C=O) groups excluding carboxylic acids is 3. The second kappa shape index (κ2) is 7.98. The molecule has 0 saturated heterocycles. The van der Waals surface area contributed by atoms with E-state index in [1.165, 1.54) is 24.3 Å². The molecule has 114 valence electrons. The minimum Gasteiger partial charge on any atom is -0.466 e. The monoisotopic (exact) mass is 296 g/mol. The summed E-state index contributed by atoms with van der Waals surface area (Å²) in [5.74, 6) is -2.34. The molecule has 1 rings (SSSR count). The molecule has 7 heteroatoms. The Labute approximate surface area is 121 Å². The van der Waals surface area contributed by atoms with Crippen molar-refractivity contribution in [3.8, 4) is 0 Å². The first-order valence-corrected chi connectivity index (χ1v) is 6.41. The first kappa shape index (κ1) is 16.6. The van der Waals surface area contributed by atoms with Gasteiger partial charge in [0.1, 0.15) is 11.9 Å². The van der Waals surface area contributed by atoms with Crippen LogP contribution in [-0.4, -0.2) is 30.4 Å². The zero-order valence-electron chi connectivity index (χ0n) is 11.6. The maximum absolute atomic E-state index is 12.7. The fraction of sp³-hybridized carbons (Fsp3) is 0.357. The predicted molar refractivity (Wildman–Crippen MR) is 72.5 cm³/mol. The third-order valence-corrected chi connectivity index (χ3v) is 2.63. The molecule has 1 aromatic carbocycles.